The number of fused-ring (bicyclic) bond motifs is 1. The fourth-order valence-electron chi connectivity index (χ4n) is 3.06. The van der Waals surface area contributed by atoms with E-state index < -0.39 is 0 Å². The molecule has 27 heavy (non-hydrogen) atoms. The Morgan fingerprint density at radius 2 is 1.93 bits per heavy atom. The molecule has 8 heteroatoms. The van der Waals surface area contributed by atoms with Gasteiger partial charge in [-0.2, -0.15) is 5.10 Å². The van der Waals surface area contributed by atoms with Crippen LogP contribution in [-0.2, 0) is 6.42 Å². The van der Waals surface area contributed by atoms with Crippen LogP contribution < -0.4 is 19.5 Å². The Bertz CT molecular complexity index is 945. The molecule has 2 heterocycles. The number of amides is 1. The highest BCUT2D eigenvalue weighted by molar-refractivity contribution is 6.02. The molecule has 0 bridgehead atoms. The van der Waals surface area contributed by atoms with Crippen molar-refractivity contribution in [2.24, 2.45) is 0 Å². The van der Waals surface area contributed by atoms with Gasteiger partial charge in [-0.25, -0.2) is 0 Å². The predicted octanol–water partition coefficient (Wildman–Crippen LogP) is 2.59. The topological polar surface area (TPSA) is 101 Å². The third kappa shape index (κ3) is 3.69. The summed E-state index contributed by atoms with van der Waals surface area (Å²) in [6, 6.07) is 3.50. The van der Waals surface area contributed by atoms with Crippen molar-refractivity contribution in [3.8, 4) is 17.2 Å². The lowest BCUT2D eigenvalue weighted by atomic mass is 10.1. The molecule has 0 aliphatic carbocycles. The number of benzene rings is 1. The Hall–Kier alpha value is -3.16. The first kappa shape index (κ1) is 18.6. The van der Waals surface area contributed by atoms with E-state index >= 15 is 0 Å². The number of carbonyl (C=O) groups is 1. The monoisotopic (exact) mass is 372 g/mol. The number of H-pyrrole nitrogens is 2. The number of methoxy groups -OCH3 is 3. The van der Waals surface area contributed by atoms with E-state index in [1.807, 2.05) is 13.1 Å². The summed E-state index contributed by atoms with van der Waals surface area (Å²) in [4.78, 5) is 15.6. The molecule has 144 valence electrons. The third-order valence-electron chi connectivity index (χ3n) is 4.53. The molecule has 3 aromatic rings. The summed E-state index contributed by atoms with van der Waals surface area (Å²) in [5.74, 6) is 1.49. The maximum atomic E-state index is 12.5. The molecular weight excluding hydrogens is 348 g/mol. The summed E-state index contributed by atoms with van der Waals surface area (Å²) in [5.41, 5.74) is 3.32. The third-order valence-corrected chi connectivity index (χ3v) is 4.53. The van der Waals surface area contributed by atoms with Crippen molar-refractivity contribution in [3.63, 3.8) is 0 Å². The van der Waals surface area contributed by atoms with Gasteiger partial charge in [0.15, 0.2) is 11.5 Å². The Morgan fingerprint density at radius 1 is 1.15 bits per heavy atom. The van der Waals surface area contributed by atoms with Crippen LogP contribution in [0.25, 0.3) is 10.9 Å². The zero-order valence-electron chi connectivity index (χ0n) is 15.9. The van der Waals surface area contributed by atoms with Crippen molar-refractivity contribution in [2.75, 3.05) is 27.9 Å². The van der Waals surface area contributed by atoms with Gasteiger partial charge in [0.2, 0.25) is 0 Å². The highest BCUT2D eigenvalue weighted by atomic mass is 16.5. The largest absolute Gasteiger partial charge is 0.496 e. The van der Waals surface area contributed by atoms with Crippen LogP contribution in [0, 0.1) is 6.92 Å². The van der Waals surface area contributed by atoms with Crippen molar-refractivity contribution >= 4 is 16.8 Å². The number of aryl methyl sites for hydroxylation is 2. The summed E-state index contributed by atoms with van der Waals surface area (Å²) in [6.45, 7) is 2.55. The molecule has 0 saturated carbocycles. The molecule has 0 unspecified atom stereocenters. The molecule has 8 nitrogen and oxygen atoms in total. The van der Waals surface area contributed by atoms with E-state index in [1.54, 1.807) is 33.5 Å². The lowest BCUT2D eigenvalue weighted by Crippen LogP contribution is -2.25. The number of carbonyl (C=O) groups excluding carboxylic acids is 1. The lowest BCUT2D eigenvalue weighted by Gasteiger charge is -2.11. The molecule has 0 fully saturated rings. The smallest absolute Gasteiger partial charge is 0.267 e. The van der Waals surface area contributed by atoms with E-state index in [1.165, 1.54) is 0 Å². The van der Waals surface area contributed by atoms with Crippen molar-refractivity contribution in [1.29, 1.82) is 0 Å². The van der Waals surface area contributed by atoms with Gasteiger partial charge in [-0.3, -0.25) is 9.89 Å². The fraction of sp³-hybridized carbons (Fsp3) is 0.368. The number of rotatable bonds is 8. The number of hydrogen-bond donors (Lipinski definition) is 3. The molecule has 0 aliphatic heterocycles. The van der Waals surface area contributed by atoms with Gasteiger partial charge in [0.1, 0.15) is 11.4 Å². The first-order valence-corrected chi connectivity index (χ1v) is 8.67. The van der Waals surface area contributed by atoms with E-state index in [2.05, 4.69) is 20.5 Å². The Balaban J connectivity index is 1.74. The van der Waals surface area contributed by atoms with E-state index in [0.29, 0.717) is 35.0 Å². The Kier molecular flexibility index (Phi) is 5.54. The van der Waals surface area contributed by atoms with Gasteiger partial charge < -0.3 is 24.5 Å². The van der Waals surface area contributed by atoms with Crippen LogP contribution in [0.4, 0.5) is 0 Å². The zero-order valence-corrected chi connectivity index (χ0v) is 15.9. The Morgan fingerprint density at radius 3 is 2.56 bits per heavy atom. The van der Waals surface area contributed by atoms with Gasteiger partial charge in [0.25, 0.3) is 5.91 Å². The zero-order chi connectivity index (χ0) is 19.4. The first-order valence-electron chi connectivity index (χ1n) is 8.67. The summed E-state index contributed by atoms with van der Waals surface area (Å²) >= 11 is 0. The van der Waals surface area contributed by atoms with Gasteiger partial charge in [0.05, 0.1) is 33.0 Å². The number of hydrogen-bond acceptors (Lipinski definition) is 5. The standard InChI is InChI=1S/C19H24N4O4/c1-11-12(10-21-23-11)6-5-7-20-19(24)14-8-13-15(25-2)9-16(26-3)18(27-4)17(13)22-14/h8-10,22H,5-7H2,1-4H3,(H,20,24)(H,21,23). The number of nitrogens with one attached hydrogen (secondary N) is 3. The SMILES string of the molecule is COc1cc(OC)c2cc(C(=O)NCCCc3cn[nH]c3C)[nH]c2c1OC. The minimum absolute atomic E-state index is 0.182. The summed E-state index contributed by atoms with van der Waals surface area (Å²) < 4.78 is 16.2. The molecule has 0 spiro atoms. The van der Waals surface area contributed by atoms with Crippen molar-refractivity contribution in [1.82, 2.24) is 20.5 Å². The van der Waals surface area contributed by atoms with Gasteiger partial charge in [-0.05, 0) is 31.4 Å². The number of aromatic amines is 2. The van der Waals surface area contributed by atoms with E-state index in [9.17, 15) is 4.79 Å². The van der Waals surface area contributed by atoms with E-state index in [4.69, 9.17) is 14.2 Å². The average molecular weight is 372 g/mol. The minimum Gasteiger partial charge on any atom is -0.496 e. The van der Waals surface area contributed by atoms with Crippen molar-refractivity contribution in [2.45, 2.75) is 19.8 Å². The summed E-state index contributed by atoms with van der Waals surface area (Å²) in [6.07, 6.45) is 3.50. The molecule has 3 rings (SSSR count). The number of aromatic nitrogens is 3. The fourth-order valence-corrected chi connectivity index (χ4v) is 3.06. The van der Waals surface area contributed by atoms with E-state index in [-0.39, 0.29) is 5.91 Å². The molecular formula is C19H24N4O4. The molecule has 3 N–H and O–H groups in total. The second-order valence-corrected chi connectivity index (χ2v) is 6.17. The van der Waals surface area contributed by atoms with Crippen LogP contribution >= 0.6 is 0 Å². The molecule has 0 aliphatic rings. The molecule has 0 atom stereocenters. The molecule has 1 aromatic carbocycles. The molecule has 1 amide bonds. The molecule has 2 aromatic heterocycles. The highest BCUT2D eigenvalue weighted by Crippen LogP contribution is 2.41. The van der Waals surface area contributed by atoms with Crippen LogP contribution in [0.1, 0.15) is 28.2 Å². The quantitative estimate of drug-likeness (QED) is 0.528. The maximum absolute atomic E-state index is 12.5. The second kappa shape index (κ2) is 8.03. The number of ether oxygens (including phenoxy) is 3. The Labute approximate surface area is 157 Å². The van der Waals surface area contributed by atoms with Gasteiger partial charge in [-0.15, -0.1) is 0 Å². The predicted molar refractivity (Wildman–Crippen MR) is 102 cm³/mol. The molecule has 0 saturated heterocycles. The van der Waals surface area contributed by atoms with Crippen LogP contribution in [0.3, 0.4) is 0 Å². The minimum atomic E-state index is -0.182. The van der Waals surface area contributed by atoms with Crippen LogP contribution in [0.2, 0.25) is 0 Å². The average Bonchev–Trinajstić information content (AvgIpc) is 3.30. The van der Waals surface area contributed by atoms with Crippen LogP contribution in [-0.4, -0.2) is 49.0 Å². The van der Waals surface area contributed by atoms with E-state index in [0.717, 1.165) is 29.5 Å². The van der Waals surface area contributed by atoms with Gasteiger partial charge >= 0.3 is 0 Å². The summed E-state index contributed by atoms with van der Waals surface area (Å²) in [5, 5.41) is 10.6. The van der Waals surface area contributed by atoms with Gasteiger partial charge in [-0.1, -0.05) is 0 Å². The van der Waals surface area contributed by atoms with Crippen molar-refractivity contribution in [3.05, 3.63) is 35.3 Å². The first-order chi connectivity index (χ1) is 13.1. The number of nitrogens with zero attached hydrogens (tertiary/aromatic N) is 1. The second-order valence-electron chi connectivity index (χ2n) is 6.17. The maximum Gasteiger partial charge on any atom is 0.267 e. The molecule has 0 radical (unpaired) electrons. The van der Waals surface area contributed by atoms with Crippen molar-refractivity contribution < 1.29 is 19.0 Å². The highest BCUT2D eigenvalue weighted by Gasteiger charge is 2.19. The normalized spacial score (nSPS) is 10.8. The summed E-state index contributed by atoms with van der Waals surface area (Å²) in [7, 11) is 4.69. The van der Waals surface area contributed by atoms with Gasteiger partial charge in [0, 0.05) is 23.7 Å². The van der Waals surface area contributed by atoms with Crippen LogP contribution in [0.5, 0.6) is 17.2 Å². The van der Waals surface area contributed by atoms with Crippen LogP contribution in [0.15, 0.2) is 18.3 Å². The lowest BCUT2D eigenvalue weighted by molar-refractivity contribution is 0.0949.